The standard InChI is InChI=1S/C12H13F3N2O4/c13-12(14,15)11(20)17-4-2-1-3-7(17)5-8-6-9(10(18)19)16-21-8/h6-7H,1-5H2,(H,18,19). The first kappa shape index (κ1) is 15.3. The van der Waals surface area contributed by atoms with Crippen molar-refractivity contribution in [3.63, 3.8) is 0 Å². The normalized spacial score (nSPS) is 19.6. The molecule has 21 heavy (non-hydrogen) atoms. The summed E-state index contributed by atoms with van der Waals surface area (Å²) in [6.07, 6.45) is -3.28. The molecule has 1 amide bonds. The molecule has 0 spiro atoms. The van der Waals surface area contributed by atoms with Crippen molar-refractivity contribution in [1.82, 2.24) is 10.1 Å². The molecule has 1 aromatic rings. The van der Waals surface area contributed by atoms with E-state index in [4.69, 9.17) is 9.63 Å². The van der Waals surface area contributed by atoms with E-state index < -0.39 is 24.1 Å². The second kappa shape index (κ2) is 5.74. The fourth-order valence-electron chi connectivity index (χ4n) is 2.39. The Hall–Kier alpha value is -2.06. The van der Waals surface area contributed by atoms with Crippen LogP contribution in [-0.4, -0.2) is 45.8 Å². The number of likely N-dealkylation sites (tertiary alicyclic amines) is 1. The zero-order chi connectivity index (χ0) is 15.6. The van der Waals surface area contributed by atoms with Gasteiger partial charge in [-0.2, -0.15) is 13.2 Å². The van der Waals surface area contributed by atoms with Gasteiger partial charge >= 0.3 is 18.1 Å². The van der Waals surface area contributed by atoms with Gasteiger partial charge in [-0.25, -0.2) is 4.79 Å². The third-order valence-electron chi connectivity index (χ3n) is 3.35. The van der Waals surface area contributed by atoms with Gasteiger partial charge in [-0.1, -0.05) is 5.16 Å². The Bertz CT molecular complexity index is 541. The summed E-state index contributed by atoms with van der Waals surface area (Å²) >= 11 is 0. The number of nitrogens with zero attached hydrogens (tertiary/aromatic N) is 2. The minimum atomic E-state index is -4.91. The van der Waals surface area contributed by atoms with E-state index in [1.807, 2.05) is 0 Å². The summed E-state index contributed by atoms with van der Waals surface area (Å²) in [5.74, 6) is -3.00. The van der Waals surface area contributed by atoms with Crippen molar-refractivity contribution in [3.05, 3.63) is 17.5 Å². The monoisotopic (exact) mass is 306 g/mol. The lowest BCUT2D eigenvalue weighted by atomic mass is 9.98. The number of carbonyl (C=O) groups excluding carboxylic acids is 1. The molecule has 6 nitrogen and oxygen atoms in total. The molecule has 0 radical (unpaired) electrons. The second-order valence-electron chi connectivity index (χ2n) is 4.83. The smallest absolute Gasteiger partial charge is 0.471 e. The molecule has 1 saturated heterocycles. The molecule has 1 atom stereocenters. The van der Waals surface area contributed by atoms with Crippen LogP contribution in [0.2, 0.25) is 0 Å². The van der Waals surface area contributed by atoms with E-state index >= 15 is 0 Å². The molecule has 1 aliphatic heterocycles. The Labute approximate surface area is 117 Å². The van der Waals surface area contributed by atoms with Crippen LogP contribution in [0.1, 0.15) is 35.5 Å². The van der Waals surface area contributed by atoms with Gasteiger partial charge in [0.25, 0.3) is 0 Å². The predicted octanol–water partition coefficient (Wildman–Crippen LogP) is 1.86. The zero-order valence-corrected chi connectivity index (χ0v) is 10.9. The molecule has 1 N–H and O–H groups in total. The maximum absolute atomic E-state index is 12.6. The summed E-state index contributed by atoms with van der Waals surface area (Å²) in [6, 6.07) is 0.496. The van der Waals surface area contributed by atoms with Gasteiger partial charge in [0.15, 0.2) is 5.69 Å². The lowest BCUT2D eigenvalue weighted by molar-refractivity contribution is -0.189. The Morgan fingerprint density at radius 2 is 2.14 bits per heavy atom. The number of carboxylic acids is 1. The van der Waals surface area contributed by atoms with Crippen LogP contribution in [0.25, 0.3) is 0 Å². The van der Waals surface area contributed by atoms with Gasteiger partial charge in [0.2, 0.25) is 0 Å². The first-order valence-corrected chi connectivity index (χ1v) is 6.35. The van der Waals surface area contributed by atoms with Gasteiger partial charge in [-0.05, 0) is 19.3 Å². The van der Waals surface area contributed by atoms with Crippen LogP contribution in [0.5, 0.6) is 0 Å². The van der Waals surface area contributed by atoms with Crippen LogP contribution in [0.15, 0.2) is 10.6 Å². The zero-order valence-electron chi connectivity index (χ0n) is 10.9. The number of halogens is 3. The number of carboxylic acid groups (broad SMARTS) is 1. The molecule has 9 heteroatoms. The summed E-state index contributed by atoms with van der Waals surface area (Å²) in [4.78, 5) is 22.9. The quantitative estimate of drug-likeness (QED) is 0.921. The van der Waals surface area contributed by atoms with Gasteiger partial charge in [-0.15, -0.1) is 0 Å². The molecule has 1 unspecified atom stereocenters. The van der Waals surface area contributed by atoms with Crippen molar-refractivity contribution in [2.75, 3.05) is 6.54 Å². The summed E-state index contributed by atoms with van der Waals surface area (Å²) in [5, 5.41) is 12.0. The van der Waals surface area contributed by atoms with Crippen molar-refractivity contribution < 1.29 is 32.4 Å². The number of piperidine rings is 1. The third-order valence-corrected chi connectivity index (χ3v) is 3.35. The van der Waals surface area contributed by atoms with Gasteiger partial charge in [0.05, 0.1) is 0 Å². The van der Waals surface area contributed by atoms with E-state index in [0.29, 0.717) is 19.3 Å². The molecule has 1 fully saturated rings. The molecule has 0 aromatic carbocycles. The van der Waals surface area contributed by atoms with E-state index in [1.165, 1.54) is 0 Å². The molecule has 0 saturated carbocycles. The number of alkyl halides is 3. The van der Waals surface area contributed by atoms with Crippen LogP contribution in [0.4, 0.5) is 13.2 Å². The van der Waals surface area contributed by atoms with Crippen molar-refractivity contribution in [2.45, 2.75) is 37.9 Å². The summed E-state index contributed by atoms with van der Waals surface area (Å²) in [5.41, 5.74) is -0.311. The molecular formula is C12H13F3N2O4. The summed E-state index contributed by atoms with van der Waals surface area (Å²) < 4.78 is 42.4. The maximum atomic E-state index is 12.6. The highest BCUT2D eigenvalue weighted by molar-refractivity contribution is 5.85. The van der Waals surface area contributed by atoms with E-state index in [2.05, 4.69) is 5.16 Å². The van der Waals surface area contributed by atoms with Crippen LogP contribution >= 0.6 is 0 Å². The minimum absolute atomic E-state index is 0.0160. The first-order chi connectivity index (χ1) is 9.79. The highest BCUT2D eigenvalue weighted by Crippen LogP contribution is 2.27. The number of hydrogen-bond donors (Lipinski definition) is 1. The number of aromatic carboxylic acids is 1. The molecule has 1 aromatic heterocycles. The summed E-state index contributed by atoms with van der Waals surface area (Å²) in [7, 11) is 0. The highest BCUT2D eigenvalue weighted by atomic mass is 19.4. The molecule has 1 aliphatic rings. The lowest BCUT2D eigenvalue weighted by Gasteiger charge is -2.35. The summed E-state index contributed by atoms with van der Waals surface area (Å²) in [6.45, 7) is 0.0307. The van der Waals surface area contributed by atoms with Gasteiger partial charge < -0.3 is 14.5 Å². The Morgan fingerprint density at radius 1 is 1.43 bits per heavy atom. The molecular weight excluding hydrogens is 293 g/mol. The van der Waals surface area contributed by atoms with Gasteiger partial charge in [0.1, 0.15) is 5.76 Å². The molecule has 0 bridgehead atoms. The maximum Gasteiger partial charge on any atom is 0.471 e. The molecule has 116 valence electrons. The van der Waals surface area contributed by atoms with Crippen LogP contribution in [0, 0.1) is 0 Å². The fourth-order valence-corrected chi connectivity index (χ4v) is 2.39. The minimum Gasteiger partial charge on any atom is -0.476 e. The average molecular weight is 306 g/mol. The Morgan fingerprint density at radius 3 is 2.71 bits per heavy atom. The number of carbonyl (C=O) groups is 2. The SMILES string of the molecule is O=C(O)c1cc(CC2CCCCN2C(=O)C(F)(F)F)on1. The van der Waals surface area contributed by atoms with E-state index in [-0.39, 0.29) is 24.4 Å². The topological polar surface area (TPSA) is 83.6 Å². The number of aromatic nitrogens is 1. The molecule has 0 aliphatic carbocycles. The Balaban J connectivity index is 2.11. The second-order valence-corrected chi connectivity index (χ2v) is 4.83. The van der Waals surface area contributed by atoms with Crippen molar-refractivity contribution >= 4 is 11.9 Å². The van der Waals surface area contributed by atoms with Crippen LogP contribution in [0.3, 0.4) is 0 Å². The predicted molar refractivity (Wildman–Crippen MR) is 62.6 cm³/mol. The number of hydrogen-bond acceptors (Lipinski definition) is 4. The number of amides is 1. The largest absolute Gasteiger partial charge is 0.476 e. The fraction of sp³-hybridized carbons (Fsp3) is 0.583. The Kier molecular flexibility index (Phi) is 4.19. The van der Waals surface area contributed by atoms with Crippen LogP contribution < -0.4 is 0 Å². The van der Waals surface area contributed by atoms with Crippen LogP contribution in [-0.2, 0) is 11.2 Å². The highest BCUT2D eigenvalue weighted by Gasteiger charge is 2.45. The van der Waals surface area contributed by atoms with Crippen molar-refractivity contribution in [1.29, 1.82) is 0 Å². The average Bonchev–Trinajstić information content (AvgIpc) is 2.86. The molecule has 2 heterocycles. The van der Waals surface area contributed by atoms with Gasteiger partial charge in [0, 0.05) is 25.1 Å². The first-order valence-electron chi connectivity index (χ1n) is 6.35. The van der Waals surface area contributed by atoms with E-state index in [9.17, 15) is 22.8 Å². The lowest BCUT2D eigenvalue weighted by Crippen LogP contribution is -2.50. The van der Waals surface area contributed by atoms with E-state index in [0.717, 1.165) is 11.0 Å². The van der Waals surface area contributed by atoms with Crippen molar-refractivity contribution in [3.8, 4) is 0 Å². The van der Waals surface area contributed by atoms with Crippen molar-refractivity contribution in [2.24, 2.45) is 0 Å². The third kappa shape index (κ3) is 3.53. The van der Waals surface area contributed by atoms with Gasteiger partial charge in [-0.3, -0.25) is 4.79 Å². The molecule has 2 rings (SSSR count). The number of rotatable bonds is 3. The van der Waals surface area contributed by atoms with E-state index in [1.54, 1.807) is 0 Å².